The van der Waals surface area contributed by atoms with E-state index < -0.39 is 0 Å². The Morgan fingerprint density at radius 3 is 2.64 bits per heavy atom. The van der Waals surface area contributed by atoms with Crippen molar-refractivity contribution in [1.29, 1.82) is 0 Å². The molecule has 0 bridgehead atoms. The van der Waals surface area contributed by atoms with Crippen LogP contribution in [0.5, 0.6) is 0 Å². The SMILES string of the molecule is c1cnc(-c2nc(CN[C@@H]3CCCN(c4ncccn4)C3)cs2)nc1. The molecule has 3 aromatic heterocycles. The number of nitrogens with zero attached hydrogens (tertiary/aromatic N) is 6. The van der Waals surface area contributed by atoms with Crippen molar-refractivity contribution in [2.45, 2.75) is 25.4 Å². The molecular formula is C17H19N7S. The van der Waals surface area contributed by atoms with Crippen LogP contribution in [0.3, 0.4) is 0 Å². The molecule has 8 heteroatoms. The number of hydrogen-bond donors (Lipinski definition) is 1. The Kier molecular flexibility index (Phi) is 4.89. The van der Waals surface area contributed by atoms with Crippen LogP contribution in [-0.4, -0.2) is 44.1 Å². The maximum atomic E-state index is 4.63. The number of anilines is 1. The lowest BCUT2D eigenvalue weighted by molar-refractivity contribution is 0.416. The molecule has 1 aliphatic rings. The Balaban J connectivity index is 1.35. The van der Waals surface area contributed by atoms with Crippen molar-refractivity contribution in [3.63, 3.8) is 0 Å². The van der Waals surface area contributed by atoms with E-state index in [9.17, 15) is 0 Å². The van der Waals surface area contributed by atoms with E-state index in [-0.39, 0.29) is 0 Å². The highest BCUT2D eigenvalue weighted by Gasteiger charge is 2.21. The molecule has 0 amide bonds. The molecule has 0 radical (unpaired) electrons. The summed E-state index contributed by atoms with van der Waals surface area (Å²) in [5, 5.41) is 6.54. The average Bonchev–Trinajstić information content (AvgIpc) is 3.17. The molecule has 128 valence electrons. The summed E-state index contributed by atoms with van der Waals surface area (Å²) in [6.07, 6.45) is 9.36. The lowest BCUT2D eigenvalue weighted by atomic mass is 10.1. The third-order valence-corrected chi connectivity index (χ3v) is 5.02. The molecule has 7 nitrogen and oxygen atoms in total. The van der Waals surface area contributed by atoms with Gasteiger partial charge in [0.1, 0.15) is 0 Å². The second-order valence-electron chi connectivity index (χ2n) is 5.93. The number of hydrogen-bond acceptors (Lipinski definition) is 8. The fourth-order valence-electron chi connectivity index (χ4n) is 2.93. The molecular weight excluding hydrogens is 334 g/mol. The number of rotatable bonds is 5. The molecule has 1 saturated heterocycles. The van der Waals surface area contributed by atoms with Crippen LogP contribution in [0.2, 0.25) is 0 Å². The van der Waals surface area contributed by atoms with Gasteiger partial charge in [-0.25, -0.2) is 24.9 Å². The Morgan fingerprint density at radius 2 is 1.84 bits per heavy atom. The highest BCUT2D eigenvalue weighted by molar-refractivity contribution is 7.13. The van der Waals surface area contributed by atoms with Crippen molar-refractivity contribution >= 4 is 17.3 Å². The van der Waals surface area contributed by atoms with Crippen LogP contribution in [-0.2, 0) is 6.54 Å². The van der Waals surface area contributed by atoms with E-state index in [0.717, 1.165) is 49.1 Å². The van der Waals surface area contributed by atoms with Gasteiger partial charge in [0.05, 0.1) is 5.69 Å². The van der Waals surface area contributed by atoms with Gasteiger partial charge >= 0.3 is 0 Å². The van der Waals surface area contributed by atoms with Gasteiger partial charge in [-0.3, -0.25) is 0 Å². The molecule has 3 aromatic rings. The molecule has 0 saturated carbocycles. The van der Waals surface area contributed by atoms with Gasteiger partial charge in [-0.05, 0) is 25.0 Å². The highest BCUT2D eigenvalue weighted by Crippen LogP contribution is 2.20. The lowest BCUT2D eigenvalue weighted by Gasteiger charge is -2.33. The fourth-order valence-corrected chi connectivity index (χ4v) is 3.69. The van der Waals surface area contributed by atoms with Crippen LogP contribution in [0.1, 0.15) is 18.5 Å². The summed E-state index contributed by atoms with van der Waals surface area (Å²) in [6.45, 7) is 2.68. The summed E-state index contributed by atoms with van der Waals surface area (Å²) in [7, 11) is 0. The Hall–Kier alpha value is -2.45. The van der Waals surface area contributed by atoms with Crippen molar-refractivity contribution < 1.29 is 0 Å². The van der Waals surface area contributed by atoms with Gasteiger partial charge in [0, 0.05) is 55.8 Å². The first-order chi connectivity index (χ1) is 12.4. The first-order valence-electron chi connectivity index (χ1n) is 8.35. The second-order valence-corrected chi connectivity index (χ2v) is 6.79. The molecule has 4 heterocycles. The van der Waals surface area contributed by atoms with Crippen molar-refractivity contribution in [3.8, 4) is 10.8 Å². The van der Waals surface area contributed by atoms with E-state index in [4.69, 9.17) is 0 Å². The number of nitrogens with one attached hydrogen (secondary N) is 1. The third-order valence-electron chi connectivity index (χ3n) is 4.14. The lowest BCUT2D eigenvalue weighted by Crippen LogP contribution is -2.46. The maximum absolute atomic E-state index is 4.63. The van der Waals surface area contributed by atoms with E-state index in [1.165, 1.54) is 0 Å². The van der Waals surface area contributed by atoms with Crippen molar-refractivity contribution in [2.75, 3.05) is 18.0 Å². The van der Waals surface area contributed by atoms with Gasteiger partial charge in [-0.1, -0.05) is 0 Å². The van der Waals surface area contributed by atoms with Gasteiger partial charge in [-0.15, -0.1) is 11.3 Å². The zero-order valence-electron chi connectivity index (χ0n) is 13.7. The molecule has 25 heavy (non-hydrogen) atoms. The van der Waals surface area contributed by atoms with Gasteiger partial charge < -0.3 is 10.2 Å². The van der Waals surface area contributed by atoms with Crippen LogP contribution < -0.4 is 10.2 Å². The minimum Gasteiger partial charge on any atom is -0.339 e. The van der Waals surface area contributed by atoms with Crippen LogP contribution in [0, 0.1) is 0 Å². The van der Waals surface area contributed by atoms with E-state index in [2.05, 4.69) is 40.5 Å². The Labute approximate surface area is 150 Å². The standard InChI is InChI=1S/C17H19N7S/c1-4-13(11-24(9-1)17-20-7-3-8-21-17)22-10-14-12-25-16(23-14)15-18-5-2-6-19-15/h2-3,5-8,12-13,22H,1,4,9-11H2/t13-/m1/s1. The number of aromatic nitrogens is 5. The van der Waals surface area contributed by atoms with E-state index in [0.29, 0.717) is 11.9 Å². The fraction of sp³-hybridized carbons (Fsp3) is 0.353. The molecule has 0 aromatic carbocycles. The molecule has 4 rings (SSSR count). The molecule has 1 atom stereocenters. The van der Waals surface area contributed by atoms with Gasteiger partial charge in [0.15, 0.2) is 10.8 Å². The quantitative estimate of drug-likeness (QED) is 0.753. The molecule has 0 spiro atoms. The predicted octanol–water partition coefficient (Wildman–Crippen LogP) is 2.15. The number of thiazole rings is 1. The molecule has 1 aliphatic heterocycles. The highest BCUT2D eigenvalue weighted by atomic mass is 32.1. The summed E-state index contributed by atoms with van der Waals surface area (Å²) in [5.41, 5.74) is 1.03. The van der Waals surface area contributed by atoms with Crippen LogP contribution in [0.15, 0.2) is 42.3 Å². The third kappa shape index (κ3) is 3.97. The topological polar surface area (TPSA) is 79.7 Å². The molecule has 1 fully saturated rings. The predicted molar refractivity (Wildman–Crippen MR) is 97.2 cm³/mol. The summed E-state index contributed by atoms with van der Waals surface area (Å²) in [5.74, 6) is 1.50. The van der Waals surface area contributed by atoms with Gasteiger partial charge in [-0.2, -0.15) is 0 Å². The Bertz CT molecular complexity index is 793. The second kappa shape index (κ2) is 7.62. The van der Waals surface area contributed by atoms with Crippen molar-refractivity contribution in [1.82, 2.24) is 30.2 Å². The minimum atomic E-state index is 0.413. The molecule has 0 unspecified atom stereocenters. The summed E-state index contributed by atoms with van der Waals surface area (Å²) in [6, 6.07) is 4.07. The van der Waals surface area contributed by atoms with Crippen LogP contribution in [0.25, 0.3) is 10.8 Å². The monoisotopic (exact) mass is 353 g/mol. The van der Waals surface area contributed by atoms with E-state index >= 15 is 0 Å². The van der Waals surface area contributed by atoms with Crippen LogP contribution in [0.4, 0.5) is 5.95 Å². The number of piperidine rings is 1. The zero-order valence-corrected chi connectivity index (χ0v) is 14.6. The van der Waals surface area contributed by atoms with Gasteiger partial charge in [0.2, 0.25) is 5.95 Å². The largest absolute Gasteiger partial charge is 0.339 e. The average molecular weight is 353 g/mol. The van der Waals surface area contributed by atoms with E-state index in [1.807, 2.05) is 12.1 Å². The summed E-state index contributed by atoms with van der Waals surface area (Å²) >= 11 is 1.58. The Morgan fingerprint density at radius 1 is 1.08 bits per heavy atom. The zero-order chi connectivity index (χ0) is 16.9. The first-order valence-corrected chi connectivity index (χ1v) is 9.23. The molecule has 1 N–H and O–H groups in total. The maximum Gasteiger partial charge on any atom is 0.225 e. The summed E-state index contributed by atoms with van der Waals surface area (Å²) < 4.78 is 0. The summed E-state index contributed by atoms with van der Waals surface area (Å²) in [4.78, 5) is 24.1. The minimum absolute atomic E-state index is 0.413. The molecule has 0 aliphatic carbocycles. The van der Waals surface area contributed by atoms with Crippen molar-refractivity contribution in [3.05, 3.63) is 48.0 Å². The smallest absolute Gasteiger partial charge is 0.225 e. The van der Waals surface area contributed by atoms with Gasteiger partial charge in [0.25, 0.3) is 0 Å². The van der Waals surface area contributed by atoms with Crippen molar-refractivity contribution in [2.24, 2.45) is 0 Å². The van der Waals surface area contributed by atoms with E-state index in [1.54, 1.807) is 36.1 Å². The first kappa shape index (κ1) is 16.0. The normalized spacial score (nSPS) is 17.6. The van der Waals surface area contributed by atoms with Crippen LogP contribution >= 0.6 is 11.3 Å².